The monoisotopic (exact) mass is 314 g/mol. The number of hydrogen-bond donors (Lipinski definition) is 0. The van der Waals surface area contributed by atoms with Gasteiger partial charge in [-0.2, -0.15) is 0 Å². The highest BCUT2D eigenvalue weighted by molar-refractivity contribution is 5.80. The summed E-state index contributed by atoms with van der Waals surface area (Å²) in [6, 6.07) is 8.76. The van der Waals surface area contributed by atoms with Crippen LogP contribution in [0.5, 0.6) is 0 Å². The van der Waals surface area contributed by atoms with Crippen LogP contribution >= 0.6 is 0 Å². The van der Waals surface area contributed by atoms with Gasteiger partial charge < -0.3 is 9.64 Å². The average Bonchev–Trinajstić information content (AvgIpc) is 3.17. The highest BCUT2D eigenvalue weighted by Crippen LogP contribution is 2.34. The van der Waals surface area contributed by atoms with Crippen LogP contribution in [0.3, 0.4) is 0 Å². The number of rotatable bonds is 3. The molecule has 4 heteroatoms. The smallest absolute Gasteiger partial charge is 0.228 e. The zero-order valence-corrected chi connectivity index (χ0v) is 13.9. The van der Waals surface area contributed by atoms with Crippen LogP contribution in [0.4, 0.5) is 0 Å². The van der Waals surface area contributed by atoms with E-state index in [1.54, 1.807) is 0 Å². The lowest BCUT2D eigenvalue weighted by Crippen LogP contribution is -2.45. The molecule has 0 unspecified atom stereocenters. The molecule has 4 rings (SSSR count). The molecule has 1 amide bonds. The lowest BCUT2D eigenvalue weighted by Gasteiger charge is -2.33. The molecule has 0 spiro atoms. The van der Waals surface area contributed by atoms with E-state index in [1.807, 2.05) is 0 Å². The molecule has 0 radical (unpaired) electrons. The van der Waals surface area contributed by atoms with Gasteiger partial charge in [-0.15, -0.1) is 0 Å². The van der Waals surface area contributed by atoms with Gasteiger partial charge in [-0.1, -0.05) is 29.8 Å². The minimum Gasteiger partial charge on any atom is -0.371 e. The fourth-order valence-corrected chi connectivity index (χ4v) is 4.25. The molecule has 3 fully saturated rings. The van der Waals surface area contributed by atoms with Crippen LogP contribution in [-0.4, -0.2) is 54.1 Å². The Hall–Kier alpha value is -1.39. The number of aryl methyl sites for hydroxylation is 1. The fraction of sp³-hybridized carbons (Fsp3) is 0.632. The van der Waals surface area contributed by atoms with Gasteiger partial charge in [0.1, 0.15) is 0 Å². The van der Waals surface area contributed by atoms with E-state index in [1.165, 1.54) is 11.1 Å². The quantitative estimate of drug-likeness (QED) is 0.857. The second kappa shape index (κ2) is 6.25. The summed E-state index contributed by atoms with van der Waals surface area (Å²) in [6.45, 7) is 6.80. The Balaban J connectivity index is 1.39. The van der Waals surface area contributed by atoms with E-state index in [2.05, 4.69) is 41.0 Å². The average molecular weight is 314 g/mol. The molecule has 3 aliphatic rings. The lowest BCUT2D eigenvalue weighted by atomic mass is 9.99. The summed E-state index contributed by atoms with van der Waals surface area (Å²) < 4.78 is 6.09. The third-order valence-corrected chi connectivity index (χ3v) is 5.49. The molecule has 0 aliphatic carbocycles. The zero-order chi connectivity index (χ0) is 15.8. The van der Waals surface area contributed by atoms with Gasteiger partial charge in [0, 0.05) is 32.7 Å². The maximum atomic E-state index is 12.7. The summed E-state index contributed by atoms with van der Waals surface area (Å²) >= 11 is 0. The molecule has 3 saturated heterocycles. The van der Waals surface area contributed by atoms with Crippen molar-refractivity contribution in [1.82, 2.24) is 9.80 Å². The van der Waals surface area contributed by atoms with Crippen molar-refractivity contribution in [2.24, 2.45) is 5.92 Å². The molecule has 3 heterocycles. The van der Waals surface area contributed by atoms with Crippen LogP contribution in [-0.2, 0) is 16.1 Å². The maximum Gasteiger partial charge on any atom is 0.228 e. The van der Waals surface area contributed by atoms with Crippen LogP contribution < -0.4 is 0 Å². The molecule has 4 nitrogen and oxygen atoms in total. The number of nitrogens with zero attached hydrogens (tertiary/aromatic N) is 2. The normalized spacial score (nSPS) is 30.8. The summed E-state index contributed by atoms with van der Waals surface area (Å²) in [5.74, 6) is 0.424. The minimum atomic E-state index is 0.0844. The van der Waals surface area contributed by atoms with E-state index >= 15 is 0 Å². The third kappa shape index (κ3) is 3.15. The number of morpholine rings is 1. The number of ether oxygens (including phenoxy) is 1. The molecular weight excluding hydrogens is 288 g/mol. The largest absolute Gasteiger partial charge is 0.371 e. The van der Waals surface area contributed by atoms with Gasteiger partial charge in [0.25, 0.3) is 0 Å². The molecule has 0 aromatic heterocycles. The Morgan fingerprint density at radius 1 is 1.17 bits per heavy atom. The van der Waals surface area contributed by atoms with Gasteiger partial charge in [0.05, 0.1) is 18.1 Å². The topological polar surface area (TPSA) is 32.8 Å². The van der Waals surface area contributed by atoms with Crippen molar-refractivity contribution in [2.75, 3.05) is 26.2 Å². The highest BCUT2D eigenvalue weighted by Gasteiger charge is 2.45. The number of likely N-dealkylation sites (tertiary alicyclic amines) is 2. The minimum absolute atomic E-state index is 0.0844. The maximum absolute atomic E-state index is 12.7. The van der Waals surface area contributed by atoms with E-state index in [4.69, 9.17) is 4.74 Å². The highest BCUT2D eigenvalue weighted by atomic mass is 16.5. The van der Waals surface area contributed by atoms with Crippen LogP contribution in [0.2, 0.25) is 0 Å². The molecule has 1 aromatic rings. The zero-order valence-electron chi connectivity index (χ0n) is 13.9. The second-order valence-corrected chi connectivity index (χ2v) is 7.35. The Morgan fingerprint density at radius 3 is 2.65 bits per heavy atom. The van der Waals surface area contributed by atoms with E-state index in [0.29, 0.717) is 5.91 Å². The Bertz CT molecular complexity index is 565. The second-order valence-electron chi connectivity index (χ2n) is 7.35. The molecular formula is C19H26N2O2. The molecule has 3 aliphatic heterocycles. The molecule has 1 aromatic carbocycles. The van der Waals surface area contributed by atoms with Gasteiger partial charge >= 0.3 is 0 Å². The van der Waals surface area contributed by atoms with Crippen molar-refractivity contribution >= 4 is 5.91 Å². The Labute approximate surface area is 138 Å². The number of amides is 1. The van der Waals surface area contributed by atoms with Gasteiger partial charge in [-0.3, -0.25) is 9.69 Å². The first kappa shape index (κ1) is 15.2. The van der Waals surface area contributed by atoms with Gasteiger partial charge in [0.15, 0.2) is 0 Å². The summed E-state index contributed by atoms with van der Waals surface area (Å²) in [4.78, 5) is 17.2. The van der Waals surface area contributed by atoms with Crippen molar-refractivity contribution in [3.63, 3.8) is 0 Å². The molecule has 23 heavy (non-hydrogen) atoms. The molecule has 0 N–H and O–H groups in total. The van der Waals surface area contributed by atoms with Gasteiger partial charge in [-0.05, 0) is 31.7 Å². The molecule has 0 saturated carbocycles. The van der Waals surface area contributed by atoms with Gasteiger partial charge in [0.2, 0.25) is 5.91 Å². The molecule has 3 atom stereocenters. The van der Waals surface area contributed by atoms with Crippen LogP contribution in [0.15, 0.2) is 24.3 Å². The van der Waals surface area contributed by atoms with Crippen molar-refractivity contribution in [1.29, 1.82) is 0 Å². The van der Waals surface area contributed by atoms with Crippen LogP contribution in [0.25, 0.3) is 0 Å². The number of carbonyl (C=O) groups is 1. The SMILES string of the molecule is Cc1ccc(CN2C[C@H]3C[C@H](C(=O)N4CCCC4)[C@@H](C2)O3)cc1. The summed E-state index contributed by atoms with van der Waals surface area (Å²) in [6.07, 6.45) is 3.55. The predicted molar refractivity (Wildman–Crippen MR) is 89.0 cm³/mol. The molecule has 2 bridgehead atoms. The summed E-state index contributed by atoms with van der Waals surface area (Å²) in [7, 11) is 0. The molecule has 124 valence electrons. The van der Waals surface area contributed by atoms with Crippen molar-refractivity contribution in [2.45, 2.75) is 44.9 Å². The van der Waals surface area contributed by atoms with Gasteiger partial charge in [-0.25, -0.2) is 0 Å². The van der Waals surface area contributed by atoms with E-state index < -0.39 is 0 Å². The Kier molecular flexibility index (Phi) is 4.12. The fourth-order valence-electron chi connectivity index (χ4n) is 4.25. The van der Waals surface area contributed by atoms with Crippen molar-refractivity contribution < 1.29 is 9.53 Å². The van der Waals surface area contributed by atoms with Crippen LogP contribution in [0.1, 0.15) is 30.4 Å². The first-order valence-electron chi connectivity index (χ1n) is 8.91. The first-order valence-corrected chi connectivity index (χ1v) is 8.91. The van der Waals surface area contributed by atoms with E-state index in [9.17, 15) is 4.79 Å². The van der Waals surface area contributed by atoms with E-state index in [0.717, 1.165) is 52.0 Å². The third-order valence-electron chi connectivity index (χ3n) is 5.49. The number of fused-ring (bicyclic) bond motifs is 2. The number of benzene rings is 1. The predicted octanol–water partition coefficient (Wildman–Crippen LogP) is 2.21. The first-order chi connectivity index (χ1) is 11.2. The number of hydrogen-bond acceptors (Lipinski definition) is 3. The summed E-state index contributed by atoms with van der Waals surface area (Å²) in [5, 5.41) is 0. The van der Waals surface area contributed by atoms with Crippen molar-refractivity contribution in [3.8, 4) is 0 Å². The standard InChI is InChI=1S/C19H26N2O2/c1-14-4-6-15(7-5-14)11-20-12-16-10-17(18(13-20)23-16)19(22)21-8-2-3-9-21/h4-7,16-18H,2-3,8-13H2,1H3/t16-,17+,18-/m1/s1. The van der Waals surface area contributed by atoms with Crippen LogP contribution in [0, 0.1) is 12.8 Å². The number of carbonyl (C=O) groups excluding carboxylic acids is 1. The Morgan fingerprint density at radius 2 is 1.91 bits per heavy atom. The lowest BCUT2D eigenvalue weighted by molar-refractivity contribution is -0.137. The summed E-state index contributed by atoms with van der Waals surface area (Å²) in [5.41, 5.74) is 2.64. The van der Waals surface area contributed by atoms with Crippen molar-refractivity contribution in [3.05, 3.63) is 35.4 Å². The van der Waals surface area contributed by atoms with E-state index in [-0.39, 0.29) is 18.1 Å².